The first kappa shape index (κ1) is 26.4. The molecule has 0 radical (unpaired) electrons. The van der Waals surface area contributed by atoms with Crippen LogP contribution in [0, 0.1) is 0 Å². The summed E-state index contributed by atoms with van der Waals surface area (Å²) in [6.45, 7) is 5.77. The summed E-state index contributed by atoms with van der Waals surface area (Å²) in [7, 11) is 0. The second kappa shape index (κ2) is 10.3. The quantitative estimate of drug-likeness (QED) is 0.246. The van der Waals surface area contributed by atoms with Gasteiger partial charge in [-0.2, -0.15) is 0 Å². The molecule has 7 heteroatoms. The number of pyridine rings is 2. The van der Waals surface area contributed by atoms with Crippen LogP contribution >= 0.6 is 0 Å². The van der Waals surface area contributed by atoms with E-state index in [0.29, 0.717) is 28.0 Å². The van der Waals surface area contributed by atoms with E-state index in [1.165, 1.54) is 0 Å². The third-order valence-corrected chi connectivity index (χ3v) is 7.40. The van der Waals surface area contributed by atoms with Crippen molar-refractivity contribution in [3.8, 4) is 33.7 Å². The van der Waals surface area contributed by atoms with E-state index in [-0.39, 0.29) is 5.43 Å². The lowest BCUT2D eigenvalue weighted by molar-refractivity contribution is -0.0549. The average molecular weight is 546 g/mol. The highest BCUT2D eigenvalue weighted by Gasteiger charge is 2.43. The Hall–Kier alpha value is -4.78. The lowest BCUT2D eigenvalue weighted by Gasteiger charge is -2.42. The second-order valence-electron chi connectivity index (χ2n) is 11.5. The van der Waals surface area contributed by atoms with Crippen molar-refractivity contribution in [2.75, 3.05) is 0 Å². The van der Waals surface area contributed by atoms with Crippen molar-refractivity contribution in [1.29, 1.82) is 0 Å². The van der Waals surface area contributed by atoms with Crippen molar-refractivity contribution in [1.82, 2.24) is 15.3 Å². The number of amides is 1. The predicted octanol–water partition coefficient (Wildman–Crippen LogP) is 7.49. The van der Waals surface area contributed by atoms with Crippen molar-refractivity contribution < 1.29 is 13.9 Å². The van der Waals surface area contributed by atoms with Crippen molar-refractivity contribution >= 4 is 17.1 Å². The van der Waals surface area contributed by atoms with E-state index in [0.717, 1.165) is 41.5 Å². The molecule has 7 nitrogen and oxygen atoms in total. The summed E-state index contributed by atoms with van der Waals surface area (Å²) < 4.78 is 12.5. The Labute approximate surface area is 238 Å². The first-order valence-corrected chi connectivity index (χ1v) is 13.8. The summed E-state index contributed by atoms with van der Waals surface area (Å²) in [5.74, 6) is 0.466. The summed E-state index contributed by atoms with van der Waals surface area (Å²) in [5, 5.41) is 3.33. The summed E-state index contributed by atoms with van der Waals surface area (Å²) in [6.07, 6.45) is 7.07. The van der Waals surface area contributed by atoms with Gasteiger partial charge in [-0.3, -0.25) is 14.8 Å². The molecule has 1 amide bonds. The van der Waals surface area contributed by atoms with Crippen LogP contribution in [-0.4, -0.2) is 21.6 Å². The highest BCUT2D eigenvalue weighted by Crippen LogP contribution is 2.45. The summed E-state index contributed by atoms with van der Waals surface area (Å²) in [4.78, 5) is 35.5. The number of carbonyl (C=O) groups excluding carboxylic acids is 1. The zero-order valence-electron chi connectivity index (χ0n) is 23.3. The maximum atomic E-state index is 14.2. The molecular formula is C34H31N3O4. The molecule has 0 bridgehead atoms. The van der Waals surface area contributed by atoms with Crippen molar-refractivity contribution in [3.05, 3.63) is 107 Å². The number of nitrogens with zero attached hydrogens (tertiary/aromatic N) is 2. The highest BCUT2D eigenvalue weighted by molar-refractivity contribution is 5.95. The largest absolute Gasteiger partial charge is 0.453 e. The second-order valence-corrected chi connectivity index (χ2v) is 11.5. The van der Waals surface area contributed by atoms with Crippen LogP contribution in [0.3, 0.4) is 0 Å². The molecule has 3 heterocycles. The maximum Gasteiger partial charge on any atom is 0.408 e. The molecular weight excluding hydrogens is 514 g/mol. The van der Waals surface area contributed by atoms with Gasteiger partial charge in [0.25, 0.3) is 0 Å². The highest BCUT2D eigenvalue weighted by atomic mass is 16.6. The Bertz CT molecular complexity index is 1770. The molecule has 1 fully saturated rings. The van der Waals surface area contributed by atoms with Gasteiger partial charge in [-0.25, -0.2) is 4.79 Å². The lowest BCUT2D eigenvalue weighted by Crippen LogP contribution is -2.47. The predicted molar refractivity (Wildman–Crippen MR) is 159 cm³/mol. The molecule has 1 N–H and O–H groups in total. The number of hydrogen-bond donors (Lipinski definition) is 1. The topological polar surface area (TPSA) is 94.3 Å². The molecule has 0 unspecified atom stereocenters. The van der Waals surface area contributed by atoms with Crippen LogP contribution in [-0.2, 0) is 10.3 Å². The van der Waals surface area contributed by atoms with Gasteiger partial charge < -0.3 is 14.5 Å². The van der Waals surface area contributed by atoms with Crippen LogP contribution in [0.15, 0.2) is 101 Å². The van der Waals surface area contributed by atoms with Gasteiger partial charge in [0.1, 0.15) is 17.1 Å². The van der Waals surface area contributed by atoms with E-state index in [1.54, 1.807) is 24.7 Å². The molecule has 1 saturated carbocycles. The molecule has 0 atom stereocenters. The van der Waals surface area contributed by atoms with E-state index in [2.05, 4.69) is 15.3 Å². The summed E-state index contributed by atoms with van der Waals surface area (Å²) in [5.41, 5.74) is 3.40. The fourth-order valence-electron chi connectivity index (χ4n) is 5.28. The van der Waals surface area contributed by atoms with Crippen LogP contribution in [0.5, 0.6) is 0 Å². The Morgan fingerprint density at radius 3 is 2.27 bits per heavy atom. The van der Waals surface area contributed by atoms with Gasteiger partial charge in [0.05, 0.1) is 10.9 Å². The summed E-state index contributed by atoms with van der Waals surface area (Å²) >= 11 is 0. The number of fused-ring (bicyclic) bond motifs is 1. The normalized spacial score (nSPS) is 14.3. The molecule has 0 saturated heterocycles. The molecule has 0 aliphatic heterocycles. The van der Waals surface area contributed by atoms with Gasteiger partial charge in [0.2, 0.25) is 5.43 Å². The van der Waals surface area contributed by atoms with E-state index < -0.39 is 17.2 Å². The van der Waals surface area contributed by atoms with Gasteiger partial charge in [-0.1, -0.05) is 54.6 Å². The smallest absolute Gasteiger partial charge is 0.408 e. The monoisotopic (exact) mass is 545 g/mol. The van der Waals surface area contributed by atoms with Crippen LogP contribution in [0.2, 0.25) is 0 Å². The number of aromatic nitrogens is 2. The SMILES string of the molecule is CC(C)(C)NC(=O)OC1(c2ccc(-c3c(-c4ccccc4)oc4c(-c5cccnc5)nccc4c3=O)cc2)CCC1. The molecule has 3 aromatic heterocycles. The average Bonchev–Trinajstić information content (AvgIpc) is 2.95. The van der Waals surface area contributed by atoms with Crippen molar-refractivity contribution in [2.45, 2.75) is 51.2 Å². The molecule has 5 aromatic rings. The standard InChI is InChI=1S/C34H31N3O4/c1-33(2,3)37-32(39)41-34(17-8-18-34)25-14-12-22(13-15-25)27-29(38)26-16-20-36-28(24-11-7-19-35-21-24)31(26)40-30(27)23-9-5-4-6-10-23/h4-7,9-16,19-21H,8,17-18H2,1-3H3,(H,37,39). The maximum absolute atomic E-state index is 14.2. The van der Waals surface area contributed by atoms with Gasteiger partial charge in [0.15, 0.2) is 5.58 Å². The van der Waals surface area contributed by atoms with Crippen LogP contribution in [0.25, 0.3) is 44.7 Å². The van der Waals surface area contributed by atoms with Crippen LogP contribution in [0.1, 0.15) is 45.6 Å². The molecule has 206 valence electrons. The van der Waals surface area contributed by atoms with Crippen molar-refractivity contribution in [3.63, 3.8) is 0 Å². The van der Waals surface area contributed by atoms with Gasteiger partial charge >= 0.3 is 6.09 Å². The first-order chi connectivity index (χ1) is 19.7. The summed E-state index contributed by atoms with van der Waals surface area (Å²) in [6, 6.07) is 22.7. The van der Waals surface area contributed by atoms with E-state index in [9.17, 15) is 9.59 Å². The zero-order valence-corrected chi connectivity index (χ0v) is 23.3. The number of alkyl carbamates (subject to hydrolysis) is 1. The minimum absolute atomic E-state index is 0.149. The Morgan fingerprint density at radius 1 is 0.902 bits per heavy atom. The number of benzene rings is 2. The number of nitrogens with one attached hydrogen (secondary N) is 1. The molecule has 2 aromatic carbocycles. The zero-order chi connectivity index (χ0) is 28.6. The van der Waals surface area contributed by atoms with E-state index >= 15 is 0 Å². The number of rotatable bonds is 5. The first-order valence-electron chi connectivity index (χ1n) is 13.8. The number of hydrogen-bond acceptors (Lipinski definition) is 6. The Morgan fingerprint density at radius 2 is 1.63 bits per heavy atom. The lowest BCUT2D eigenvalue weighted by atomic mass is 9.74. The van der Waals surface area contributed by atoms with Crippen molar-refractivity contribution in [2.24, 2.45) is 0 Å². The fraction of sp³-hybridized carbons (Fsp3) is 0.235. The number of ether oxygens (including phenoxy) is 1. The van der Waals surface area contributed by atoms with Gasteiger partial charge in [-0.05, 0) is 69.4 Å². The molecule has 6 rings (SSSR count). The molecule has 41 heavy (non-hydrogen) atoms. The minimum Gasteiger partial charge on any atom is -0.453 e. The Kier molecular flexibility index (Phi) is 6.66. The van der Waals surface area contributed by atoms with E-state index in [4.69, 9.17) is 9.15 Å². The van der Waals surface area contributed by atoms with E-state index in [1.807, 2.05) is 87.5 Å². The van der Waals surface area contributed by atoms with Gasteiger partial charge in [-0.15, -0.1) is 0 Å². The van der Waals surface area contributed by atoms with Gasteiger partial charge in [0, 0.05) is 35.3 Å². The fourth-order valence-corrected chi connectivity index (χ4v) is 5.28. The number of carbonyl (C=O) groups is 1. The molecule has 1 aliphatic carbocycles. The molecule has 0 spiro atoms. The van der Waals surface area contributed by atoms with Crippen LogP contribution in [0.4, 0.5) is 4.79 Å². The van der Waals surface area contributed by atoms with Crippen LogP contribution < -0.4 is 10.7 Å². The third-order valence-electron chi connectivity index (χ3n) is 7.40. The Balaban J connectivity index is 1.46. The third kappa shape index (κ3) is 5.11. The minimum atomic E-state index is -0.672. The molecule has 1 aliphatic rings.